The number of rotatable bonds is 12. The summed E-state index contributed by atoms with van der Waals surface area (Å²) in [6.07, 6.45) is 15.3. The average molecular weight is 627 g/mol. The molecule has 0 saturated carbocycles. The Hall–Kier alpha value is -4.21. The zero-order valence-electron chi connectivity index (χ0n) is 25.8. The summed E-state index contributed by atoms with van der Waals surface area (Å²) >= 11 is 0. The second-order valence-electron chi connectivity index (χ2n) is 11.5. The van der Waals surface area contributed by atoms with Gasteiger partial charge in [-0.2, -0.15) is 0 Å². The van der Waals surface area contributed by atoms with E-state index in [0.29, 0.717) is 29.9 Å². The van der Waals surface area contributed by atoms with Crippen molar-refractivity contribution in [2.24, 2.45) is 4.99 Å². The molecule has 1 amide bonds. The van der Waals surface area contributed by atoms with E-state index >= 15 is 0 Å². The van der Waals surface area contributed by atoms with Crippen LogP contribution in [-0.2, 0) is 16.6 Å². The third-order valence-corrected chi connectivity index (χ3v) is 9.64. The summed E-state index contributed by atoms with van der Waals surface area (Å²) in [5.74, 6) is 0.847. The van der Waals surface area contributed by atoms with Gasteiger partial charge in [-0.05, 0) is 92.1 Å². The Morgan fingerprint density at radius 3 is 2.56 bits per heavy atom. The summed E-state index contributed by atoms with van der Waals surface area (Å²) in [6.45, 7) is 12.0. The number of ether oxygens (including phenoxy) is 1. The van der Waals surface area contributed by atoms with Gasteiger partial charge in [0, 0.05) is 50.2 Å². The van der Waals surface area contributed by atoms with Crippen molar-refractivity contribution in [1.82, 2.24) is 9.80 Å². The molecule has 1 saturated heterocycles. The van der Waals surface area contributed by atoms with Crippen molar-refractivity contribution in [3.05, 3.63) is 119 Å². The number of carbonyl (C=O) groups is 1. The van der Waals surface area contributed by atoms with E-state index in [4.69, 9.17) is 4.74 Å². The maximum Gasteiger partial charge on any atom is 0.264 e. The number of nitrogens with zero attached hydrogens (tertiary/aromatic N) is 3. The summed E-state index contributed by atoms with van der Waals surface area (Å²) in [7, 11) is -3.93. The molecule has 2 aliphatic carbocycles. The van der Waals surface area contributed by atoms with Gasteiger partial charge in [-0.3, -0.25) is 19.4 Å². The monoisotopic (exact) mass is 626 g/mol. The molecule has 0 atom stereocenters. The maximum absolute atomic E-state index is 13.3. The number of hydrogen-bond donors (Lipinski definition) is 1. The predicted molar refractivity (Wildman–Crippen MR) is 182 cm³/mol. The summed E-state index contributed by atoms with van der Waals surface area (Å²) in [5, 5.41) is 0. The lowest BCUT2D eigenvalue weighted by Gasteiger charge is -2.22. The second-order valence-corrected chi connectivity index (χ2v) is 13.2. The molecule has 0 aromatic heterocycles. The lowest BCUT2D eigenvalue weighted by Crippen LogP contribution is -2.35. The SMILES string of the molecule is C=C/N=C1\C(=C)C=CC=C1S(=O)(=O)Nc1ccc(C(=O)N2CCCN(Cc3ccc(OCCCC4=CCCC4)cc3)CC2)cc1. The Morgan fingerprint density at radius 1 is 1.02 bits per heavy atom. The number of benzene rings is 2. The molecule has 0 spiro atoms. The molecular weight excluding hydrogens is 584 g/mol. The molecule has 1 aliphatic heterocycles. The highest BCUT2D eigenvalue weighted by atomic mass is 32.2. The van der Waals surface area contributed by atoms with E-state index in [0.717, 1.165) is 51.3 Å². The van der Waals surface area contributed by atoms with Gasteiger partial charge in [0.2, 0.25) is 0 Å². The van der Waals surface area contributed by atoms with Crippen LogP contribution in [0.15, 0.2) is 113 Å². The third kappa shape index (κ3) is 8.71. The van der Waals surface area contributed by atoms with E-state index in [2.05, 4.69) is 58.1 Å². The number of anilines is 1. The molecule has 1 N–H and O–H groups in total. The molecule has 8 nitrogen and oxygen atoms in total. The largest absolute Gasteiger partial charge is 0.494 e. The van der Waals surface area contributed by atoms with Crippen molar-refractivity contribution in [3.63, 3.8) is 0 Å². The minimum Gasteiger partial charge on any atom is -0.494 e. The van der Waals surface area contributed by atoms with Crippen LogP contribution in [0.2, 0.25) is 0 Å². The van der Waals surface area contributed by atoms with Crippen molar-refractivity contribution in [1.29, 1.82) is 0 Å². The minimum absolute atomic E-state index is 0.0106. The van der Waals surface area contributed by atoms with Gasteiger partial charge in [0.05, 0.1) is 12.3 Å². The summed E-state index contributed by atoms with van der Waals surface area (Å²) in [4.78, 5) is 21.7. The standard InChI is InChI=1S/C36H42N4O4S/c1-3-37-35-28(2)9-6-13-34(35)45(42,43)38-32-18-16-31(17-19-32)36(41)40-23-8-22-39(24-25-40)27-30-14-20-33(21-15-30)44-26-7-12-29-10-4-5-11-29/h3,6,9-10,13-21,38H,1-2,4-5,7-8,11-12,22-27H2/b37-35+. The van der Waals surface area contributed by atoms with Gasteiger partial charge in [0.15, 0.2) is 0 Å². The lowest BCUT2D eigenvalue weighted by molar-refractivity contribution is 0.0761. The van der Waals surface area contributed by atoms with Crippen LogP contribution in [0, 0.1) is 0 Å². The first-order valence-electron chi connectivity index (χ1n) is 15.6. The second kappa shape index (κ2) is 15.2. The highest BCUT2D eigenvalue weighted by molar-refractivity contribution is 7.97. The quantitative estimate of drug-likeness (QED) is 0.211. The molecule has 5 rings (SSSR count). The Balaban J connectivity index is 1.10. The molecule has 0 unspecified atom stereocenters. The highest BCUT2D eigenvalue weighted by Crippen LogP contribution is 2.24. The number of carbonyl (C=O) groups excluding carboxylic acids is 1. The number of hydrogen-bond acceptors (Lipinski definition) is 6. The van der Waals surface area contributed by atoms with Crippen LogP contribution in [-0.4, -0.2) is 62.6 Å². The first-order valence-corrected chi connectivity index (χ1v) is 17.1. The van der Waals surface area contributed by atoms with Gasteiger partial charge in [0.25, 0.3) is 15.9 Å². The van der Waals surface area contributed by atoms with Crippen LogP contribution in [0.5, 0.6) is 5.75 Å². The Labute approximate surface area is 267 Å². The van der Waals surface area contributed by atoms with Gasteiger partial charge in [-0.1, -0.05) is 49.1 Å². The number of aliphatic imine (C=N–C) groups is 1. The van der Waals surface area contributed by atoms with Crippen molar-refractivity contribution in [3.8, 4) is 5.75 Å². The Kier molecular flexibility index (Phi) is 10.9. The molecule has 1 fully saturated rings. The van der Waals surface area contributed by atoms with E-state index in [1.54, 1.807) is 42.0 Å². The topological polar surface area (TPSA) is 91.3 Å². The number of allylic oxidation sites excluding steroid dienone is 7. The first-order chi connectivity index (χ1) is 21.8. The maximum atomic E-state index is 13.3. The summed E-state index contributed by atoms with van der Waals surface area (Å²) in [5.41, 5.74) is 4.40. The van der Waals surface area contributed by atoms with Crippen LogP contribution in [0.3, 0.4) is 0 Å². The highest BCUT2D eigenvalue weighted by Gasteiger charge is 2.26. The zero-order chi connectivity index (χ0) is 31.6. The van der Waals surface area contributed by atoms with Crippen LogP contribution in [0.1, 0.15) is 54.4 Å². The smallest absolute Gasteiger partial charge is 0.264 e. The summed E-state index contributed by atoms with van der Waals surface area (Å²) in [6, 6.07) is 14.9. The van der Waals surface area contributed by atoms with E-state index in [1.807, 2.05) is 4.90 Å². The van der Waals surface area contributed by atoms with Crippen LogP contribution in [0.25, 0.3) is 0 Å². The average Bonchev–Trinajstić information content (AvgIpc) is 3.45. The fourth-order valence-corrected chi connectivity index (χ4v) is 7.08. The molecule has 0 radical (unpaired) electrons. The molecule has 45 heavy (non-hydrogen) atoms. The predicted octanol–water partition coefficient (Wildman–Crippen LogP) is 6.64. The van der Waals surface area contributed by atoms with Crippen LogP contribution < -0.4 is 9.46 Å². The lowest BCUT2D eigenvalue weighted by atomic mass is 10.1. The molecule has 236 valence electrons. The molecule has 2 aromatic carbocycles. The van der Waals surface area contributed by atoms with Crippen molar-refractivity contribution in [2.45, 2.75) is 45.1 Å². The Morgan fingerprint density at radius 2 is 1.82 bits per heavy atom. The van der Waals surface area contributed by atoms with E-state index in [1.165, 1.54) is 37.1 Å². The molecule has 0 bridgehead atoms. The molecular formula is C36H42N4O4S. The number of sulfonamides is 1. The Bertz CT molecular complexity index is 1620. The van der Waals surface area contributed by atoms with Gasteiger partial charge in [-0.15, -0.1) is 0 Å². The number of amides is 1. The van der Waals surface area contributed by atoms with Crippen molar-refractivity contribution in [2.75, 3.05) is 37.5 Å². The fraction of sp³-hybridized carbons (Fsp3) is 0.333. The third-order valence-electron chi connectivity index (χ3n) is 8.23. The van der Waals surface area contributed by atoms with Crippen LogP contribution in [0.4, 0.5) is 5.69 Å². The van der Waals surface area contributed by atoms with Gasteiger partial charge >= 0.3 is 0 Å². The molecule has 1 heterocycles. The van der Waals surface area contributed by atoms with Gasteiger partial charge in [0.1, 0.15) is 10.7 Å². The number of nitrogens with one attached hydrogen (secondary N) is 1. The zero-order valence-corrected chi connectivity index (χ0v) is 26.6. The summed E-state index contributed by atoms with van der Waals surface area (Å²) < 4.78 is 34.7. The molecule has 2 aromatic rings. The van der Waals surface area contributed by atoms with Gasteiger partial charge < -0.3 is 9.64 Å². The van der Waals surface area contributed by atoms with E-state index in [-0.39, 0.29) is 16.5 Å². The van der Waals surface area contributed by atoms with E-state index in [9.17, 15) is 13.2 Å². The van der Waals surface area contributed by atoms with Crippen LogP contribution >= 0.6 is 0 Å². The fourth-order valence-electron chi connectivity index (χ4n) is 5.83. The normalized spacial score (nSPS) is 18.4. The minimum atomic E-state index is -3.93. The van der Waals surface area contributed by atoms with Crippen molar-refractivity contribution >= 4 is 27.3 Å². The molecule has 3 aliphatic rings. The molecule has 9 heteroatoms. The van der Waals surface area contributed by atoms with Gasteiger partial charge in [-0.25, -0.2) is 8.42 Å². The van der Waals surface area contributed by atoms with Crippen molar-refractivity contribution < 1.29 is 17.9 Å². The first kappa shape index (κ1) is 32.2. The van der Waals surface area contributed by atoms with E-state index < -0.39 is 10.0 Å².